The van der Waals surface area contributed by atoms with Gasteiger partial charge in [-0.1, -0.05) is 18.5 Å². The highest BCUT2D eigenvalue weighted by atomic mass is 35.5. The van der Waals surface area contributed by atoms with Gasteiger partial charge in [0.2, 0.25) is 10.0 Å². The minimum absolute atomic E-state index is 0.0553. The zero-order valence-corrected chi connectivity index (χ0v) is 13.8. The molecule has 1 heterocycles. The molecule has 0 amide bonds. The maximum Gasteiger partial charge on any atom is 0.238 e. The number of hydrogen-bond donors (Lipinski definition) is 2. The number of rotatable bonds is 4. The Hall–Kier alpha value is -0.820. The summed E-state index contributed by atoms with van der Waals surface area (Å²) in [5.74, 6) is 0. The van der Waals surface area contributed by atoms with E-state index in [0.29, 0.717) is 17.3 Å². The molecule has 2 rings (SSSR count). The molecule has 0 aliphatic carbocycles. The predicted octanol–water partition coefficient (Wildman–Crippen LogP) is 2.75. The van der Waals surface area contributed by atoms with Crippen LogP contribution < -0.4 is 10.5 Å². The Kier molecular flexibility index (Phi) is 4.82. The van der Waals surface area contributed by atoms with Crippen molar-refractivity contribution >= 4 is 27.3 Å². The highest BCUT2D eigenvalue weighted by Crippen LogP contribution is 2.32. The van der Waals surface area contributed by atoms with Gasteiger partial charge >= 0.3 is 0 Å². The van der Waals surface area contributed by atoms with Gasteiger partial charge in [0.25, 0.3) is 0 Å². The van der Waals surface area contributed by atoms with Gasteiger partial charge in [-0.25, -0.2) is 13.6 Å². The van der Waals surface area contributed by atoms with E-state index in [1.54, 1.807) is 6.07 Å². The summed E-state index contributed by atoms with van der Waals surface area (Å²) in [5.41, 5.74) is 0.438. The van der Waals surface area contributed by atoms with E-state index in [9.17, 15) is 8.42 Å². The van der Waals surface area contributed by atoms with Gasteiger partial charge in [-0.05, 0) is 44.4 Å². The first-order valence-electron chi connectivity index (χ1n) is 6.96. The molecule has 5 nitrogen and oxygen atoms in total. The summed E-state index contributed by atoms with van der Waals surface area (Å²) in [7, 11) is -3.73. The average molecular weight is 333 g/mol. The number of ether oxygens (including phenoxy) is 1. The first-order valence-corrected chi connectivity index (χ1v) is 8.89. The van der Waals surface area contributed by atoms with Gasteiger partial charge < -0.3 is 10.1 Å². The molecule has 2 atom stereocenters. The van der Waals surface area contributed by atoms with Crippen LogP contribution in [0.5, 0.6) is 0 Å². The van der Waals surface area contributed by atoms with Crippen LogP contribution in [-0.4, -0.2) is 26.7 Å². The fourth-order valence-electron chi connectivity index (χ4n) is 2.51. The summed E-state index contributed by atoms with van der Waals surface area (Å²) in [5, 5.41) is 8.95. The fourth-order valence-corrected chi connectivity index (χ4v) is 3.22. The summed E-state index contributed by atoms with van der Waals surface area (Å²) in [4.78, 5) is 0.0553. The number of nitrogens with two attached hydrogens (primary N) is 1. The summed E-state index contributed by atoms with van der Waals surface area (Å²) in [6.45, 7) is 4.86. The third kappa shape index (κ3) is 4.10. The van der Waals surface area contributed by atoms with Crippen molar-refractivity contribution in [2.24, 2.45) is 5.14 Å². The second kappa shape index (κ2) is 6.12. The molecular weight excluding hydrogens is 312 g/mol. The minimum atomic E-state index is -3.73. The van der Waals surface area contributed by atoms with Crippen molar-refractivity contribution in [3.05, 3.63) is 23.2 Å². The quantitative estimate of drug-likeness (QED) is 0.888. The van der Waals surface area contributed by atoms with Crippen molar-refractivity contribution in [3.63, 3.8) is 0 Å². The summed E-state index contributed by atoms with van der Waals surface area (Å²) in [6.07, 6.45) is 2.63. The van der Waals surface area contributed by atoms with E-state index in [-0.39, 0.29) is 16.5 Å². The SMILES string of the molecule is CCC1(C)CC(Nc2cc(S(N)(=O)=O)ccc2Cl)CCO1. The lowest BCUT2D eigenvalue weighted by Gasteiger charge is -2.38. The molecule has 1 saturated heterocycles. The van der Waals surface area contributed by atoms with Crippen LogP contribution in [0.3, 0.4) is 0 Å². The summed E-state index contributed by atoms with van der Waals surface area (Å²) in [6, 6.07) is 4.62. The first-order chi connectivity index (χ1) is 9.73. The van der Waals surface area contributed by atoms with Crippen LogP contribution in [0.25, 0.3) is 0 Å². The van der Waals surface area contributed by atoms with Crippen molar-refractivity contribution < 1.29 is 13.2 Å². The molecule has 3 N–H and O–H groups in total. The number of sulfonamides is 1. The Morgan fingerprint density at radius 3 is 2.86 bits per heavy atom. The van der Waals surface area contributed by atoms with Crippen LogP contribution in [0.15, 0.2) is 23.1 Å². The van der Waals surface area contributed by atoms with E-state index in [1.807, 2.05) is 0 Å². The zero-order valence-electron chi connectivity index (χ0n) is 12.2. The molecule has 0 radical (unpaired) electrons. The molecule has 0 aromatic heterocycles. The van der Waals surface area contributed by atoms with Crippen molar-refractivity contribution in [1.29, 1.82) is 0 Å². The Labute approximate surface area is 130 Å². The molecule has 118 valence electrons. The lowest BCUT2D eigenvalue weighted by molar-refractivity contribution is -0.0708. The van der Waals surface area contributed by atoms with E-state index < -0.39 is 10.0 Å². The zero-order chi connectivity index (χ0) is 15.7. The Bertz CT molecular complexity index is 621. The van der Waals surface area contributed by atoms with Crippen LogP contribution in [0, 0.1) is 0 Å². The Balaban J connectivity index is 2.19. The average Bonchev–Trinajstić information content (AvgIpc) is 2.40. The molecule has 1 aromatic carbocycles. The molecule has 1 fully saturated rings. The molecular formula is C14H21ClN2O3S. The van der Waals surface area contributed by atoms with E-state index in [2.05, 4.69) is 19.2 Å². The Morgan fingerprint density at radius 1 is 1.52 bits per heavy atom. The third-order valence-corrected chi connectivity index (χ3v) is 5.21. The lowest BCUT2D eigenvalue weighted by atomic mass is 9.90. The topological polar surface area (TPSA) is 81.4 Å². The molecule has 0 spiro atoms. The summed E-state index contributed by atoms with van der Waals surface area (Å²) < 4.78 is 28.7. The summed E-state index contributed by atoms with van der Waals surface area (Å²) >= 11 is 6.14. The molecule has 2 unspecified atom stereocenters. The van der Waals surface area contributed by atoms with Crippen molar-refractivity contribution in [2.75, 3.05) is 11.9 Å². The largest absolute Gasteiger partial charge is 0.381 e. The molecule has 1 aliphatic rings. The minimum Gasteiger partial charge on any atom is -0.381 e. The molecule has 0 bridgehead atoms. The van der Waals surface area contributed by atoms with Crippen LogP contribution in [0.1, 0.15) is 33.1 Å². The molecule has 1 aliphatic heterocycles. The number of anilines is 1. The number of hydrogen-bond acceptors (Lipinski definition) is 4. The standard InChI is InChI=1S/C14H21ClN2O3S/c1-3-14(2)9-10(6-7-20-14)17-13-8-11(21(16,18)19)4-5-12(13)15/h4-5,8,10,17H,3,6-7,9H2,1-2H3,(H2,16,18,19). The number of primary sulfonamides is 1. The second-order valence-electron chi connectivity index (χ2n) is 5.67. The molecule has 21 heavy (non-hydrogen) atoms. The lowest BCUT2D eigenvalue weighted by Crippen LogP contribution is -2.41. The smallest absolute Gasteiger partial charge is 0.238 e. The van der Waals surface area contributed by atoms with Gasteiger partial charge in [0.1, 0.15) is 0 Å². The highest BCUT2D eigenvalue weighted by Gasteiger charge is 2.31. The highest BCUT2D eigenvalue weighted by molar-refractivity contribution is 7.89. The molecule has 0 saturated carbocycles. The van der Waals surface area contributed by atoms with Gasteiger partial charge in [-0.15, -0.1) is 0 Å². The van der Waals surface area contributed by atoms with Crippen LogP contribution >= 0.6 is 11.6 Å². The number of benzene rings is 1. The van der Waals surface area contributed by atoms with Crippen molar-refractivity contribution in [1.82, 2.24) is 0 Å². The number of nitrogens with one attached hydrogen (secondary N) is 1. The van der Waals surface area contributed by atoms with Crippen LogP contribution in [-0.2, 0) is 14.8 Å². The van der Waals surface area contributed by atoms with Crippen LogP contribution in [0.2, 0.25) is 5.02 Å². The fraction of sp³-hybridized carbons (Fsp3) is 0.571. The third-order valence-electron chi connectivity index (χ3n) is 3.97. The van der Waals surface area contributed by atoms with Gasteiger partial charge in [0.15, 0.2) is 0 Å². The van der Waals surface area contributed by atoms with Gasteiger partial charge in [0, 0.05) is 12.6 Å². The van der Waals surface area contributed by atoms with Gasteiger partial charge in [0.05, 0.1) is 21.2 Å². The van der Waals surface area contributed by atoms with E-state index in [4.69, 9.17) is 21.5 Å². The normalized spacial score (nSPS) is 26.6. The molecule has 1 aromatic rings. The first kappa shape index (κ1) is 16.5. The second-order valence-corrected chi connectivity index (χ2v) is 7.64. The van der Waals surface area contributed by atoms with Gasteiger partial charge in [-0.2, -0.15) is 0 Å². The van der Waals surface area contributed by atoms with E-state index in [0.717, 1.165) is 19.3 Å². The predicted molar refractivity (Wildman–Crippen MR) is 84.1 cm³/mol. The van der Waals surface area contributed by atoms with Gasteiger partial charge in [-0.3, -0.25) is 0 Å². The van der Waals surface area contributed by atoms with Crippen molar-refractivity contribution in [2.45, 2.75) is 49.6 Å². The van der Waals surface area contributed by atoms with Crippen molar-refractivity contribution in [3.8, 4) is 0 Å². The van der Waals surface area contributed by atoms with E-state index in [1.165, 1.54) is 12.1 Å². The maximum absolute atomic E-state index is 11.4. The van der Waals surface area contributed by atoms with E-state index >= 15 is 0 Å². The monoisotopic (exact) mass is 332 g/mol. The van der Waals surface area contributed by atoms with Crippen LogP contribution in [0.4, 0.5) is 5.69 Å². The Morgan fingerprint density at radius 2 is 2.24 bits per heavy atom. The number of halogens is 1. The maximum atomic E-state index is 11.4. The molecule has 7 heteroatoms.